The summed E-state index contributed by atoms with van der Waals surface area (Å²) in [6, 6.07) is 17.1. The van der Waals surface area contributed by atoms with Crippen molar-refractivity contribution in [3.05, 3.63) is 54.6 Å². The van der Waals surface area contributed by atoms with E-state index in [2.05, 4.69) is 10.6 Å². The monoisotopic (exact) mass is 368 g/mol. The van der Waals surface area contributed by atoms with Gasteiger partial charge in [0.15, 0.2) is 6.10 Å². The molecule has 0 radical (unpaired) electrons. The summed E-state index contributed by atoms with van der Waals surface area (Å²) in [5.41, 5.74) is 2.20. The van der Waals surface area contributed by atoms with E-state index >= 15 is 0 Å². The van der Waals surface area contributed by atoms with E-state index in [-0.39, 0.29) is 17.7 Å². The molecule has 0 saturated heterocycles. The standard InChI is InChI=1S/C22H28N2O3/c1-15(2)14-20(22(26)23-4)24-21(25)16(3)27-19-12-10-18(11-13-19)17-8-6-5-7-9-17/h5-13,15-16,20H,14H2,1-4H3,(H,23,26)(H,24,25). The summed E-state index contributed by atoms with van der Waals surface area (Å²) in [5, 5.41) is 5.37. The summed E-state index contributed by atoms with van der Waals surface area (Å²) >= 11 is 0. The molecule has 27 heavy (non-hydrogen) atoms. The molecule has 2 unspecified atom stereocenters. The molecule has 2 amide bonds. The van der Waals surface area contributed by atoms with Crippen molar-refractivity contribution in [2.24, 2.45) is 5.92 Å². The normalized spacial score (nSPS) is 12.9. The largest absolute Gasteiger partial charge is 0.481 e. The number of hydrogen-bond acceptors (Lipinski definition) is 3. The van der Waals surface area contributed by atoms with E-state index in [4.69, 9.17) is 4.74 Å². The first-order chi connectivity index (χ1) is 12.9. The fraction of sp³-hybridized carbons (Fsp3) is 0.364. The Balaban J connectivity index is 1.98. The molecule has 0 saturated carbocycles. The van der Waals surface area contributed by atoms with Crippen molar-refractivity contribution in [2.45, 2.75) is 39.3 Å². The van der Waals surface area contributed by atoms with E-state index in [1.807, 2.05) is 68.4 Å². The number of carbonyl (C=O) groups excluding carboxylic acids is 2. The Morgan fingerprint density at radius 1 is 0.889 bits per heavy atom. The van der Waals surface area contributed by atoms with Gasteiger partial charge in [0.1, 0.15) is 11.8 Å². The first-order valence-electron chi connectivity index (χ1n) is 9.24. The maximum Gasteiger partial charge on any atom is 0.261 e. The minimum Gasteiger partial charge on any atom is -0.481 e. The molecule has 5 nitrogen and oxygen atoms in total. The van der Waals surface area contributed by atoms with Crippen molar-refractivity contribution in [1.29, 1.82) is 0 Å². The Morgan fingerprint density at radius 2 is 1.48 bits per heavy atom. The van der Waals surface area contributed by atoms with Gasteiger partial charge >= 0.3 is 0 Å². The van der Waals surface area contributed by atoms with Gasteiger partial charge in [-0.05, 0) is 42.5 Å². The number of amides is 2. The highest BCUT2D eigenvalue weighted by Gasteiger charge is 2.24. The molecule has 5 heteroatoms. The fourth-order valence-corrected chi connectivity index (χ4v) is 2.78. The van der Waals surface area contributed by atoms with Gasteiger partial charge in [0.25, 0.3) is 5.91 Å². The summed E-state index contributed by atoms with van der Waals surface area (Å²) < 4.78 is 5.74. The summed E-state index contributed by atoms with van der Waals surface area (Å²) in [6.45, 7) is 5.70. The van der Waals surface area contributed by atoms with Gasteiger partial charge in [-0.3, -0.25) is 9.59 Å². The van der Waals surface area contributed by atoms with Crippen LogP contribution in [0.1, 0.15) is 27.2 Å². The average molecular weight is 368 g/mol. The lowest BCUT2D eigenvalue weighted by molar-refractivity contribution is -0.132. The Morgan fingerprint density at radius 3 is 2.04 bits per heavy atom. The molecule has 0 aliphatic carbocycles. The molecule has 2 N–H and O–H groups in total. The Hall–Kier alpha value is -2.82. The van der Waals surface area contributed by atoms with Gasteiger partial charge in [0, 0.05) is 7.05 Å². The van der Waals surface area contributed by atoms with Gasteiger partial charge in [-0.15, -0.1) is 0 Å². The van der Waals surface area contributed by atoms with Crippen LogP contribution < -0.4 is 15.4 Å². The highest BCUT2D eigenvalue weighted by Crippen LogP contribution is 2.22. The zero-order valence-corrected chi connectivity index (χ0v) is 16.4. The van der Waals surface area contributed by atoms with Gasteiger partial charge in [0.2, 0.25) is 5.91 Å². The van der Waals surface area contributed by atoms with Gasteiger partial charge in [-0.1, -0.05) is 56.3 Å². The number of likely N-dealkylation sites (N-methyl/N-ethyl adjacent to an activating group) is 1. The summed E-state index contributed by atoms with van der Waals surface area (Å²) in [5.74, 6) is 0.389. The van der Waals surface area contributed by atoms with Crippen LogP contribution in [0.4, 0.5) is 0 Å². The first-order valence-corrected chi connectivity index (χ1v) is 9.24. The highest BCUT2D eigenvalue weighted by molar-refractivity contribution is 5.89. The lowest BCUT2D eigenvalue weighted by Crippen LogP contribution is -2.50. The quantitative estimate of drug-likeness (QED) is 0.750. The van der Waals surface area contributed by atoms with Crippen LogP contribution >= 0.6 is 0 Å². The van der Waals surface area contributed by atoms with Gasteiger partial charge < -0.3 is 15.4 Å². The molecule has 0 spiro atoms. The van der Waals surface area contributed by atoms with Crippen molar-refractivity contribution in [2.75, 3.05) is 7.05 Å². The summed E-state index contributed by atoms with van der Waals surface area (Å²) in [4.78, 5) is 24.4. The number of nitrogens with one attached hydrogen (secondary N) is 2. The molecule has 0 bridgehead atoms. The molecule has 0 aliphatic heterocycles. The number of hydrogen-bond donors (Lipinski definition) is 2. The number of rotatable bonds is 8. The van der Waals surface area contributed by atoms with Crippen molar-refractivity contribution in [1.82, 2.24) is 10.6 Å². The topological polar surface area (TPSA) is 67.4 Å². The smallest absolute Gasteiger partial charge is 0.261 e. The second-order valence-corrected chi connectivity index (χ2v) is 6.96. The van der Waals surface area contributed by atoms with Crippen LogP contribution in [0.25, 0.3) is 11.1 Å². The molecule has 0 fully saturated rings. The molecular formula is C22H28N2O3. The maximum atomic E-state index is 12.4. The van der Waals surface area contributed by atoms with Gasteiger partial charge in [-0.2, -0.15) is 0 Å². The van der Waals surface area contributed by atoms with Gasteiger partial charge in [0.05, 0.1) is 0 Å². The third-order valence-corrected chi connectivity index (χ3v) is 4.23. The van der Waals surface area contributed by atoms with Crippen LogP contribution in [0.2, 0.25) is 0 Å². The Labute approximate surface area is 161 Å². The summed E-state index contributed by atoms with van der Waals surface area (Å²) in [6.07, 6.45) is -0.129. The number of carbonyl (C=O) groups is 2. The van der Waals surface area contributed by atoms with Crippen LogP contribution in [-0.2, 0) is 9.59 Å². The average Bonchev–Trinajstić information content (AvgIpc) is 2.67. The predicted molar refractivity (Wildman–Crippen MR) is 107 cm³/mol. The van der Waals surface area contributed by atoms with E-state index in [1.165, 1.54) is 0 Å². The molecule has 2 atom stereocenters. The van der Waals surface area contributed by atoms with Crippen LogP contribution in [0.3, 0.4) is 0 Å². The zero-order chi connectivity index (χ0) is 19.8. The van der Waals surface area contributed by atoms with Crippen molar-refractivity contribution >= 4 is 11.8 Å². The predicted octanol–water partition coefficient (Wildman–Crippen LogP) is 3.40. The van der Waals surface area contributed by atoms with Crippen molar-refractivity contribution in [3.8, 4) is 16.9 Å². The molecule has 0 heterocycles. The van der Waals surface area contributed by atoms with Crippen LogP contribution in [0, 0.1) is 5.92 Å². The highest BCUT2D eigenvalue weighted by atomic mass is 16.5. The second-order valence-electron chi connectivity index (χ2n) is 6.96. The maximum absolute atomic E-state index is 12.4. The molecule has 2 rings (SSSR count). The third kappa shape index (κ3) is 6.13. The van der Waals surface area contributed by atoms with Crippen molar-refractivity contribution < 1.29 is 14.3 Å². The van der Waals surface area contributed by atoms with Crippen molar-refractivity contribution in [3.63, 3.8) is 0 Å². The fourth-order valence-electron chi connectivity index (χ4n) is 2.78. The van der Waals surface area contributed by atoms with E-state index in [0.717, 1.165) is 11.1 Å². The van der Waals surface area contributed by atoms with E-state index < -0.39 is 12.1 Å². The van der Waals surface area contributed by atoms with Crippen LogP contribution in [-0.4, -0.2) is 31.0 Å². The van der Waals surface area contributed by atoms with Crippen LogP contribution in [0.5, 0.6) is 5.75 Å². The lowest BCUT2D eigenvalue weighted by atomic mass is 10.0. The minimum atomic E-state index is -0.702. The molecule has 2 aromatic carbocycles. The Kier molecular flexibility index (Phi) is 7.41. The molecule has 0 aliphatic rings. The van der Waals surface area contributed by atoms with E-state index in [0.29, 0.717) is 12.2 Å². The number of benzene rings is 2. The molecule has 0 aromatic heterocycles. The third-order valence-electron chi connectivity index (χ3n) is 4.23. The molecular weight excluding hydrogens is 340 g/mol. The second kappa shape index (κ2) is 9.76. The van der Waals surface area contributed by atoms with E-state index in [9.17, 15) is 9.59 Å². The van der Waals surface area contributed by atoms with E-state index in [1.54, 1.807) is 14.0 Å². The zero-order valence-electron chi connectivity index (χ0n) is 16.4. The summed E-state index contributed by atoms with van der Waals surface area (Å²) in [7, 11) is 1.57. The first kappa shape index (κ1) is 20.5. The molecule has 2 aromatic rings. The number of ether oxygens (including phenoxy) is 1. The lowest BCUT2D eigenvalue weighted by Gasteiger charge is -2.22. The minimum absolute atomic E-state index is 0.198. The Bertz CT molecular complexity index is 742. The molecule has 144 valence electrons. The SMILES string of the molecule is CNC(=O)C(CC(C)C)NC(=O)C(C)Oc1ccc(-c2ccccc2)cc1. The van der Waals surface area contributed by atoms with Crippen LogP contribution in [0.15, 0.2) is 54.6 Å². The van der Waals surface area contributed by atoms with Gasteiger partial charge in [-0.25, -0.2) is 0 Å².